The van der Waals surface area contributed by atoms with Gasteiger partial charge in [0.15, 0.2) is 0 Å². The van der Waals surface area contributed by atoms with Gasteiger partial charge >= 0.3 is 6.09 Å². The van der Waals surface area contributed by atoms with Crippen molar-refractivity contribution in [2.45, 2.75) is 51.4 Å². The van der Waals surface area contributed by atoms with Crippen molar-refractivity contribution in [1.29, 1.82) is 0 Å². The summed E-state index contributed by atoms with van der Waals surface area (Å²) in [5.41, 5.74) is 0.275. The molecule has 1 aromatic carbocycles. The fourth-order valence-corrected chi connectivity index (χ4v) is 1.95. The molecule has 4 heteroatoms. The second-order valence-electron chi connectivity index (χ2n) is 5.97. The third-order valence-electron chi connectivity index (χ3n) is 2.88. The van der Waals surface area contributed by atoms with Crippen LogP contribution in [-0.4, -0.2) is 22.9 Å². The third kappa shape index (κ3) is 6.45. The fraction of sp³-hybridized carbons (Fsp3) is 0.471. The normalized spacial score (nSPS) is 14.1. The third-order valence-corrected chi connectivity index (χ3v) is 2.88. The van der Waals surface area contributed by atoms with Gasteiger partial charge in [-0.1, -0.05) is 36.4 Å². The maximum atomic E-state index is 12.0. The van der Waals surface area contributed by atoms with Gasteiger partial charge in [-0.05, 0) is 39.2 Å². The molecule has 1 amide bonds. The van der Waals surface area contributed by atoms with Crippen LogP contribution in [0.2, 0.25) is 0 Å². The van der Waals surface area contributed by atoms with Crippen LogP contribution in [-0.2, 0) is 4.74 Å². The van der Waals surface area contributed by atoms with Crippen molar-refractivity contribution < 1.29 is 14.6 Å². The van der Waals surface area contributed by atoms with E-state index in [9.17, 15) is 9.90 Å². The summed E-state index contributed by atoms with van der Waals surface area (Å²) in [6.07, 6.45) is 1.73. The summed E-state index contributed by atoms with van der Waals surface area (Å²) in [4.78, 5) is 12.0. The van der Waals surface area contributed by atoms with Crippen LogP contribution < -0.4 is 5.32 Å². The van der Waals surface area contributed by atoms with E-state index in [4.69, 9.17) is 4.74 Å². The number of rotatable bonds is 6. The minimum absolute atomic E-state index is 0.499. The molecule has 2 atom stereocenters. The summed E-state index contributed by atoms with van der Waals surface area (Å²) < 4.78 is 5.26. The molecule has 1 aromatic rings. The lowest BCUT2D eigenvalue weighted by Gasteiger charge is -2.27. The Morgan fingerprint density at radius 2 is 2.00 bits per heavy atom. The molecule has 0 aliphatic carbocycles. The lowest BCUT2D eigenvalue weighted by atomic mass is 9.98. The van der Waals surface area contributed by atoms with Crippen LogP contribution in [0.1, 0.15) is 45.2 Å². The molecule has 0 unspecified atom stereocenters. The molecule has 0 aliphatic heterocycles. The molecule has 1 rings (SSSR count). The van der Waals surface area contributed by atoms with Crippen molar-refractivity contribution in [3.05, 3.63) is 48.6 Å². The van der Waals surface area contributed by atoms with Crippen molar-refractivity contribution in [2.75, 3.05) is 0 Å². The number of hydrogen-bond donors (Lipinski definition) is 2. The van der Waals surface area contributed by atoms with Crippen molar-refractivity contribution >= 4 is 6.09 Å². The van der Waals surface area contributed by atoms with Crippen molar-refractivity contribution in [2.24, 2.45) is 0 Å². The minimum Gasteiger partial charge on any atom is -0.444 e. The highest BCUT2D eigenvalue weighted by molar-refractivity contribution is 5.68. The summed E-state index contributed by atoms with van der Waals surface area (Å²) in [7, 11) is 0. The molecule has 0 aromatic heterocycles. The molecule has 0 spiro atoms. The molecule has 21 heavy (non-hydrogen) atoms. The molecule has 0 saturated heterocycles. The quantitative estimate of drug-likeness (QED) is 0.788. The first kappa shape index (κ1) is 17.2. The smallest absolute Gasteiger partial charge is 0.408 e. The predicted octanol–water partition coefficient (Wildman–Crippen LogP) is 3.58. The highest BCUT2D eigenvalue weighted by Gasteiger charge is 2.25. The van der Waals surface area contributed by atoms with E-state index in [1.54, 1.807) is 26.8 Å². The predicted molar refractivity (Wildman–Crippen MR) is 84.0 cm³/mol. The molecule has 2 N–H and O–H groups in total. The number of carbonyl (C=O) groups is 1. The summed E-state index contributed by atoms with van der Waals surface area (Å²) in [5.74, 6) is 0. The fourth-order valence-electron chi connectivity index (χ4n) is 1.95. The Labute approximate surface area is 126 Å². The van der Waals surface area contributed by atoms with Crippen LogP contribution in [0.15, 0.2) is 43.0 Å². The minimum atomic E-state index is -0.696. The maximum Gasteiger partial charge on any atom is 0.408 e. The molecule has 116 valence electrons. The van der Waals surface area contributed by atoms with Crippen LogP contribution in [0.4, 0.5) is 4.79 Å². The molecule has 0 heterocycles. The van der Waals surface area contributed by atoms with Crippen LogP contribution >= 0.6 is 0 Å². The van der Waals surface area contributed by atoms with Crippen LogP contribution in [0, 0.1) is 0 Å². The van der Waals surface area contributed by atoms with Gasteiger partial charge in [0.25, 0.3) is 0 Å². The largest absolute Gasteiger partial charge is 0.444 e. The Bertz CT molecular complexity index is 451. The number of amides is 1. The van der Waals surface area contributed by atoms with E-state index < -0.39 is 23.8 Å². The van der Waals surface area contributed by atoms with E-state index in [0.29, 0.717) is 12.8 Å². The van der Waals surface area contributed by atoms with E-state index in [1.165, 1.54) is 0 Å². The number of hydrogen-bond acceptors (Lipinski definition) is 3. The van der Waals surface area contributed by atoms with E-state index in [2.05, 4.69) is 11.9 Å². The van der Waals surface area contributed by atoms with E-state index in [1.807, 2.05) is 30.3 Å². The summed E-state index contributed by atoms with van der Waals surface area (Å²) in [5, 5.41) is 13.1. The lowest BCUT2D eigenvalue weighted by molar-refractivity contribution is 0.0412. The monoisotopic (exact) mass is 291 g/mol. The van der Waals surface area contributed by atoms with E-state index in [-0.39, 0.29) is 0 Å². The van der Waals surface area contributed by atoms with Crippen molar-refractivity contribution in [3.63, 3.8) is 0 Å². The standard InChI is InChI=1S/C17H25NO3/c1-5-6-12-14(19)15(13-10-8-7-9-11-13)18-16(20)21-17(2,3)4/h5,7-11,14-15,19H,1,6,12H2,2-4H3,(H,18,20)/t14-,15-/m0/s1. The number of aliphatic hydroxyl groups is 1. The summed E-state index contributed by atoms with van der Waals surface area (Å²) >= 11 is 0. The first-order valence-corrected chi connectivity index (χ1v) is 7.17. The van der Waals surface area contributed by atoms with Gasteiger partial charge in [0.2, 0.25) is 0 Å². The Balaban J connectivity index is 2.82. The number of nitrogens with one attached hydrogen (secondary N) is 1. The highest BCUT2D eigenvalue weighted by Crippen LogP contribution is 2.21. The van der Waals surface area contributed by atoms with Crippen LogP contribution in [0.25, 0.3) is 0 Å². The van der Waals surface area contributed by atoms with Gasteiger partial charge < -0.3 is 15.2 Å². The number of alkyl carbamates (subject to hydrolysis) is 1. The van der Waals surface area contributed by atoms with Gasteiger partial charge in [-0.2, -0.15) is 0 Å². The maximum absolute atomic E-state index is 12.0. The van der Waals surface area contributed by atoms with Crippen molar-refractivity contribution in [1.82, 2.24) is 5.32 Å². The molecular formula is C17H25NO3. The summed E-state index contributed by atoms with van der Waals surface area (Å²) in [6, 6.07) is 8.89. The zero-order chi connectivity index (χ0) is 15.9. The second-order valence-corrected chi connectivity index (χ2v) is 5.97. The van der Waals surface area contributed by atoms with E-state index in [0.717, 1.165) is 5.56 Å². The van der Waals surface area contributed by atoms with Crippen LogP contribution in [0.5, 0.6) is 0 Å². The number of allylic oxidation sites excluding steroid dienone is 1. The molecular weight excluding hydrogens is 266 g/mol. The van der Waals surface area contributed by atoms with Crippen LogP contribution in [0.3, 0.4) is 0 Å². The Hall–Kier alpha value is -1.81. The molecule has 0 fully saturated rings. The Morgan fingerprint density at radius 1 is 1.38 bits per heavy atom. The number of benzene rings is 1. The average Bonchev–Trinajstić information content (AvgIpc) is 2.41. The zero-order valence-electron chi connectivity index (χ0n) is 13.0. The van der Waals surface area contributed by atoms with Gasteiger partial charge in [-0.25, -0.2) is 4.79 Å². The van der Waals surface area contributed by atoms with Gasteiger partial charge in [0, 0.05) is 0 Å². The first-order valence-electron chi connectivity index (χ1n) is 7.17. The topological polar surface area (TPSA) is 58.6 Å². The Kier molecular flexibility index (Phi) is 6.43. The molecule has 0 radical (unpaired) electrons. The molecule has 0 aliphatic rings. The van der Waals surface area contributed by atoms with E-state index >= 15 is 0 Å². The first-order chi connectivity index (χ1) is 9.83. The zero-order valence-corrected chi connectivity index (χ0v) is 13.0. The van der Waals surface area contributed by atoms with Gasteiger partial charge in [0.1, 0.15) is 5.60 Å². The van der Waals surface area contributed by atoms with Gasteiger partial charge in [-0.3, -0.25) is 0 Å². The van der Waals surface area contributed by atoms with Gasteiger partial charge in [0.05, 0.1) is 12.1 Å². The number of aliphatic hydroxyl groups excluding tert-OH is 1. The average molecular weight is 291 g/mol. The molecule has 0 saturated carbocycles. The number of ether oxygens (including phenoxy) is 1. The molecule has 4 nitrogen and oxygen atoms in total. The SMILES string of the molecule is C=CCC[C@H](O)[C@@H](NC(=O)OC(C)(C)C)c1ccccc1. The Morgan fingerprint density at radius 3 is 2.52 bits per heavy atom. The molecule has 0 bridgehead atoms. The second kappa shape index (κ2) is 7.84. The highest BCUT2D eigenvalue weighted by atomic mass is 16.6. The summed E-state index contributed by atoms with van der Waals surface area (Å²) in [6.45, 7) is 9.06. The van der Waals surface area contributed by atoms with Crippen molar-refractivity contribution in [3.8, 4) is 0 Å². The number of carbonyl (C=O) groups excluding carboxylic acids is 1. The lowest BCUT2D eigenvalue weighted by Crippen LogP contribution is -2.39. The van der Waals surface area contributed by atoms with Gasteiger partial charge in [-0.15, -0.1) is 6.58 Å².